The van der Waals surface area contributed by atoms with Crippen LogP contribution in [0.4, 0.5) is 17.1 Å². The molecular weight excluding hydrogens is 639 g/mol. The van der Waals surface area contributed by atoms with E-state index in [9.17, 15) is 0 Å². The molecule has 0 saturated heterocycles. The van der Waals surface area contributed by atoms with Crippen molar-refractivity contribution in [3.05, 3.63) is 188 Å². The van der Waals surface area contributed by atoms with E-state index >= 15 is 0 Å². The minimum atomic E-state index is 0.909. The van der Waals surface area contributed by atoms with E-state index in [1.165, 1.54) is 47.8 Å². The molecule has 0 spiro atoms. The van der Waals surface area contributed by atoms with Crippen LogP contribution in [0.15, 0.2) is 192 Å². The molecule has 0 bridgehead atoms. The van der Waals surface area contributed by atoms with E-state index in [2.05, 4.69) is 193 Å². The average Bonchev–Trinajstić information content (AvgIpc) is 3.78. The number of nitrogens with zero attached hydrogens (tertiary/aromatic N) is 1. The van der Waals surface area contributed by atoms with Crippen LogP contribution in [-0.4, -0.2) is 0 Å². The Bertz CT molecular complexity index is 2790. The highest BCUT2D eigenvalue weighted by Crippen LogP contribution is 2.47. The second-order valence-electron chi connectivity index (χ2n) is 12.9. The van der Waals surface area contributed by atoms with E-state index in [4.69, 9.17) is 4.42 Å². The summed E-state index contributed by atoms with van der Waals surface area (Å²) in [7, 11) is 0. The topological polar surface area (TPSA) is 16.4 Å². The molecule has 51 heavy (non-hydrogen) atoms. The van der Waals surface area contributed by atoms with Gasteiger partial charge >= 0.3 is 0 Å². The van der Waals surface area contributed by atoms with Crippen molar-refractivity contribution in [2.75, 3.05) is 4.90 Å². The van der Waals surface area contributed by atoms with Crippen LogP contribution in [0.3, 0.4) is 0 Å². The third kappa shape index (κ3) is 5.10. The predicted octanol–water partition coefficient (Wildman–Crippen LogP) is 14.4. The number of anilines is 3. The van der Waals surface area contributed by atoms with Crippen molar-refractivity contribution in [2.24, 2.45) is 0 Å². The third-order valence-electron chi connectivity index (χ3n) is 9.81. The number of rotatable bonds is 6. The maximum atomic E-state index is 6.73. The molecule has 8 aromatic carbocycles. The zero-order valence-electron chi connectivity index (χ0n) is 27.7. The summed E-state index contributed by atoms with van der Waals surface area (Å²) in [6.45, 7) is 0. The van der Waals surface area contributed by atoms with Gasteiger partial charge in [-0.05, 0) is 88.5 Å². The quantitative estimate of drug-likeness (QED) is 0.175. The molecular formula is C48H31NOS. The normalized spacial score (nSPS) is 11.5. The minimum absolute atomic E-state index is 0.909. The number of hydrogen-bond donors (Lipinski definition) is 0. The molecule has 3 heteroatoms. The van der Waals surface area contributed by atoms with Gasteiger partial charge in [-0.2, -0.15) is 0 Å². The summed E-state index contributed by atoms with van der Waals surface area (Å²) in [5.74, 6) is 0. The van der Waals surface area contributed by atoms with E-state index in [-0.39, 0.29) is 0 Å². The zero-order valence-corrected chi connectivity index (χ0v) is 28.5. The van der Waals surface area contributed by atoms with Crippen LogP contribution >= 0.6 is 11.3 Å². The molecule has 0 saturated carbocycles. The van der Waals surface area contributed by atoms with Crippen molar-refractivity contribution in [3.8, 4) is 33.4 Å². The highest BCUT2D eigenvalue weighted by atomic mass is 32.1. The van der Waals surface area contributed by atoms with Crippen LogP contribution in [-0.2, 0) is 0 Å². The Kier molecular flexibility index (Phi) is 7.04. The molecule has 0 atom stereocenters. The van der Waals surface area contributed by atoms with Gasteiger partial charge in [0.25, 0.3) is 0 Å². The maximum Gasteiger partial charge on any atom is 0.144 e. The summed E-state index contributed by atoms with van der Waals surface area (Å²) in [5.41, 5.74) is 12.0. The number of hydrogen-bond acceptors (Lipinski definition) is 3. The number of para-hydroxylation sites is 2. The summed E-state index contributed by atoms with van der Waals surface area (Å²) in [6, 6.07) is 67.3. The molecule has 2 nitrogen and oxygen atoms in total. The van der Waals surface area contributed by atoms with Gasteiger partial charge in [0.15, 0.2) is 0 Å². The second kappa shape index (κ2) is 12.2. The summed E-state index contributed by atoms with van der Waals surface area (Å²) in [5, 5.41) is 4.88. The van der Waals surface area contributed by atoms with Gasteiger partial charge in [-0.25, -0.2) is 0 Å². The van der Waals surface area contributed by atoms with Gasteiger partial charge in [-0.3, -0.25) is 0 Å². The lowest BCUT2D eigenvalue weighted by molar-refractivity contribution is 0.670. The van der Waals surface area contributed by atoms with Gasteiger partial charge < -0.3 is 9.32 Å². The Morgan fingerprint density at radius 3 is 1.69 bits per heavy atom. The van der Waals surface area contributed by atoms with Gasteiger partial charge in [-0.15, -0.1) is 11.3 Å². The molecule has 10 rings (SSSR count). The zero-order chi connectivity index (χ0) is 33.7. The lowest BCUT2D eigenvalue weighted by atomic mass is 9.96. The molecule has 2 heterocycles. The maximum absolute atomic E-state index is 6.73. The van der Waals surface area contributed by atoms with Crippen molar-refractivity contribution in [1.29, 1.82) is 0 Å². The fourth-order valence-electron chi connectivity index (χ4n) is 7.45. The highest BCUT2D eigenvalue weighted by molar-refractivity contribution is 7.26. The summed E-state index contributed by atoms with van der Waals surface area (Å²) in [6.07, 6.45) is 0. The molecule has 240 valence electrons. The standard InChI is InChI=1S/C48H31NOS/c1-4-15-32(16-5-1)35-27-36(33-17-6-2-7-18-33)30-39(29-35)49(37-20-8-3-9-21-37)38-22-14-19-34(28-38)42-31-43-40-23-11-13-26-45(40)51-48(43)46-41-24-10-12-25-44(41)50-47(42)46/h1-31H. The van der Waals surface area contributed by atoms with Gasteiger partial charge in [0.2, 0.25) is 0 Å². The summed E-state index contributed by atoms with van der Waals surface area (Å²) < 4.78 is 9.29. The van der Waals surface area contributed by atoms with Crippen molar-refractivity contribution in [2.45, 2.75) is 0 Å². The first-order valence-electron chi connectivity index (χ1n) is 17.3. The minimum Gasteiger partial charge on any atom is -0.455 e. The Balaban J connectivity index is 1.22. The van der Waals surface area contributed by atoms with Crippen LogP contribution in [0.5, 0.6) is 0 Å². The molecule has 2 aromatic heterocycles. The Hall–Kier alpha value is -6.42. The SMILES string of the molecule is c1ccc(-c2cc(-c3ccccc3)cc(N(c3ccccc3)c3cccc(-c4cc5c6ccccc6sc5c5c4oc4ccccc45)c3)c2)cc1. The van der Waals surface area contributed by atoms with Gasteiger partial charge in [0.1, 0.15) is 11.2 Å². The molecule has 0 fully saturated rings. The number of thiophene rings is 1. The first-order valence-corrected chi connectivity index (χ1v) is 18.1. The van der Waals surface area contributed by atoms with E-state index in [0.29, 0.717) is 0 Å². The monoisotopic (exact) mass is 669 g/mol. The molecule has 0 aliphatic rings. The smallest absolute Gasteiger partial charge is 0.144 e. The molecule has 0 amide bonds. The van der Waals surface area contributed by atoms with Gasteiger partial charge in [-0.1, -0.05) is 127 Å². The third-order valence-corrected chi connectivity index (χ3v) is 11.0. The second-order valence-corrected chi connectivity index (χ2v) is 14.0. The molecule has 0 radical (unpaired) electrons. The molecule has 0 aliphatic heterocycles. The van der Waals surface area contributed by atoms with E-state index in [1.807, 2.05) is 11.3 Å². The van der Waals surface area contributed by atoms with E-state index < -0.39 is 0 Å². The van der Waals surface area contributed by atoms with E-state index in [1.54, 1.807) is 0 Å². The van der Waals surface area contributed by atoms with Crippen LogP contribution < -0.4 is 4.90 Å². The van der Waals surface area contributed by atoms with Crippen molar-refractivity contribution in [1.82, 2.24) is 0 Å². The Labute approximate surface area is 300 Å². The summed E-state index contributed by atoms with van der Waals surface area (Å²) in [4.78, 5) is 2.37. The van der Waals surface area contributed by atoms with E-state index in [0.717, 1.165) is 44.7 Å². The first-order chi connectivity index (χ1) is 25.3. The lowest BCUT2D eigenvalue weighted by Gasteiger charge is -2.27. The fourth-order valence-corrected chi connectivity index (χ4v) is 8.69. The van der Waals surface area contributed by atoms with Gasteiger partial charge in [0, 0.05) is 53.6 Å². The predicted molar refractivity (Wildman–Crippen MR) is 218 cm³/mol. The average molecular weight is 670 g/mol. The van der Waals surface area contributed by atoms with Crippen LogP contribution in [0.1, 0.15) is 0 Å². The Morgan fingerprint density at radius 1 is 0.392 bits per heavy atom. The van der Waals surface area contributed by atoms with Crippen molar-refractivity contribution in [3.63, 3.8) is 0 Å². The van der Waals surface area contributed by atoms with Gasteiger partial charge in [0.05, 0.1) is 0 Å². The summed E-state index contributed by atoms with van der Waals surface area (Å²) >= 11 is 1.85. The number of furan rings is 1. The molecule has 0 aliphatic carbocycles. The highest BCUT2D eigenvalue weighted by Gasteiger charge is 2.21. The van der Waals surface area contributed by atoms with Crippen LogP contribution in [0, 0.1) is 0 Å². The Morgan fingerprint density at radius 2 is 0.961 bits per heavy atom. The van der Waals surface area contributed by atoms with Crippen LogP contribution in [0.2, 0.25) is 0 Å². The van der Waals surface area contributed by atoms with Crippen molar-refractivity contribution >= 4 is 70.5 Å². The first kappa shape index (κ1) is 29.5. The molecule has 0 N–H and O–H groups in total. The van der Waals surface area contributed by atoms with Crippen LogP contribution in [0.25, 0.3) is 75.5 Å². The number of benzene rings is 8. The molecule has 0 unspecified atom stereocenters. The van der Waals surface area contributed by atoms with Crippen molar-refractivity contribution < 1.29 is 4.42 Å². The largest absolute Gasteiger partial charge is 0.455 e. The lowest BCUT2D eigenvalue weighted by Crippen LogP contribution is -2.10. The molecule has 10 aromatic rings. The number of fused-ring (bicyclic) bond motifs is 7. The fraction of sp³-hybridized carbons (Fsp3) is 0.